The molecule has 0 saturated carbocycles. The molecule has 1 unspecified atom stereocenters. The number of benzene rings is 1. The summed E-state index contributed by atoms with van der Waals surface area (Å²) in [6.07, 6.45) is 0.696. The summed E-state index contributed by atoms with van der Waals surface area (Å²) in [6.45, 7) is 4.65. The predicted octanol–water partition coefficient (Wildman–Crippen LogP) is 0.391. The lowest BCUT2D eigenvalue weighted by Crippen LogP contribution is -2.52. The van der Waals surface area contributed by atoms with Crippen LogP contribution in [0.5, 0.6) is 0 Å². The van der Waals surface area contributed by atoms with Crippen molar-refractivity contribution in [3.8, 4) is 11.4 Å². The minimum atomic E-state index is -2.89. The molecule has 0 aliphatic carbocycles. The molecule has 1 aromatic heterocycles. The number of hydrogen-bond donors (Lipinski definition) is 1. The van der Waals surface area contributed by atoms with E-state index in [0.717, 1.165) is 11.1 Å². The number of thioether (sulfide) groups is 1. The predicted molar refractivity (Wildman–Crippen MR) is 116 cm³/mol. The van der Waals surface area contributed by atoms with Crippen LogP contribution in [0.1, 0.15) is 12.0 Å². The minimum absolute atomic E-state index is 0.0265. The van der Waals surface area contributed by atoms with Gasteiger partial charge in [0.25, 0.3) is 0 Å². The number of carbonyl (C=O) groups excluding carboxylic acids is 1. The Kier molecular flexibility index (Phi) is 6.03. The normalized spacial score (nSPS) is 21.8. The van der Waals surface area contributed by atoms with Crippen LogP contribution in [-0.4, -0.2) is 88.5 Å². The summed E-state index contributed by atoms with van der Waals surface area (Å²) in [4.78, 5) is 16.6. The minimum Gasteiger partial charge on any atom is -0.339 e. The molecule has 30 heavy (non-hydrogen) atoms. The monoisotopic (exact) mass is 450 g/mol. The summed E-state index contributed by atoms with van der Waals surface area (Å²) < 4.78 is 24.8. The van der Waals surface area contributed by atoms with Crippen LogP contribution >= 0.6 is 11.8 Å². The second-order valence-corrected chi connectivity index (χ2v) is 11.0. The second-order valence-electron chi connectivity index (χ2n) is 7.80. The summed E-state index contributed by atoms with van der Waals surface area (Å²) in [6, 6.07) is 7.95. The molecular formula is C19H26N6O3S2. The van der Waals surface area contributed by atoms with E-state index in [1.807, 2.05) is 36.1 Å². The highest BCUT2D eigenvalue weighted by Gasteiger charge is 2.34. The van der Waals surface area contributed by atoms with Gasteiger partial charge >= 0.3 is 0 Å². The number of nitrogen functional groups attached to an aromatic ring is 1. The smallest absolute Gasteiger partial charge is 0.233 e. The molecule has 9 nitrogen and oxygen atoms in total. The van der Waals surface area contributed by atoms with Crippen LogP contribution in [0.4, 0.5) is 0 Å². The maximum absolute atomic E-state index is 12.6. The zero-order chi connectivity index (χ0) is 21.3. The van der Waals surface area contributed by atoms with E-state index < -0.39 is 9.84 Å². The van der Waals surface area contributed by atoms with Gasteiger partial charge in [-0.1, -0.05) is 41.6 Å². The highest BCUT2D eigenvalue weighted by Crippen LogP contribution is 2.23. The maximum Gasteiger partial charge on any atom is 0.233 e. The summed E-state index contributed by atoms with van der Waals surface area (Å²) in [5.41, 5.74) is 2.02. The Balaban J connectivity index is 1.29. The number of nitrogens with zero attached hydrogens (tertiary/aromatic N) is 5. The van der Waals surface area contributed by atoms with Crippen molar-refractivity contribution < 1.29 is 13.2 Å². The quantitative estimate of drug-likeness (QED) is 0.514. The molecule has 3 heterocycles. The van der Waals surface area contributed by atoms with Crippen LogP contribution in [-0.2, 0) is 14.6 Å². The summed E-state index contributed by atoms with van der Waals surface area (Å²) in [5.74, 6) is 7.48. The highest BCUT2D eigenvalue weighted by atomic mass is 32.2. The van der Waals surface area contributed by atoms with Crippen LogP contribution in [0.15, 0.2) is 29.4 Å². The van der Waals surface area contributed by atoms with E-state index in [0.29, 0.717) is 43.6 Å². The number of nitrogens with two attached hydrogens (primary N) is 1. The average Bonchev–Trinajstić information content (AvgIpc) is 3.29. The summed E-state index contributed by atoms with van der Waals surface area (Å²) in [7, 11) is -2.89. The molecule has 2 aliphatic rings. The van der Waals surface area contributed by atoms with Crippen molar-refractivity contribution in [2.45, 2.75) is 24.5 Å². The van der Waals surface area contributed by atoms with E-state index in [-0.39, 0.29) is 29.2 Å². The zero-order valence-corrected chi connectivity index (χ0v) is 18.5. The number of amides is 1. The fraction of sp³-hybridized carbons (Fsp3) is 0.526. The Morgan fingerprint density at radius 3 is 2.50 bits per heavy atom. The van der Waals surface area contributed by atoms with Crippen molar-refractivity contribution in [2.24, 2.45) is 0 Å². The molecule has 4 rings (SSSR count). The molecule has 11 heteroatoms. The van der Waals surface area contributed by atoms with E-state index >= 15 is 0 Å². The number of carbonyl (C=O) groups is 1. The van der Waals surface area contributed by atoms with Crippen LogP contribution in [0.3, 0.4) is 0 Å². The first-order valence-electron chi connectivity index (χ1n) is 9.95. The molecule has 2 fully saturated rings. The van der Waals surface area contributed by atoms with E-state index in [1.54, 1.807) is 0 Å². The Morgan fingerprint density at radius 2 is 1.87 bits per heavy atom. The van der Waals surface area contributed by atoms with Gasteiger partial charge in [0, 0.05) is 37.8 Å². The molecule has 1 aromatic carbocycles. The van der Waals surface area contributed by atoms with Crippen molar-refractivity contribution >= 4 is 27.5 Å². The molecular weight excluding hydrogens is 424 g/mol. The third-order valence-electron chi connectivity index (χ3n) is 5.69. The van der Waals surface area contributed by atoms with Crippen molar-refractivity contribution in [1.82, 2.24) is 24.7 Å². The van der Waals surface area contributed by atoms with Gasteiger partial charge < -0.3 is 10.7 Å². The van der Waals surface area contributed by atoms with Gasteiger partial charge in [-0.25, -0.2) is 13.1 Å². The molecule has 0 radical (unpaired) electrons. The molecule has 162 valence electrons. The van der Waals surface area contributed by atoms with Crippen LogP contribution in [0.2, 0.25) is 0 Å². The summed E-state index contributed by atoms with van der Waals surface area (Å²) >= 11 is 1.27. The van der Waals surface area contributed by atoms with Crippen LogP contribution in [0.25, 0.3) is 11.4 Å². The molecule has 1 atom stereocenters. The van der Waals surface area contributed by atoms with E-state index in [9.17, 15) is 13.2 Å². The van der Waals surface area contributed by atoms with Gasteiger partial charge in [-0.15, -0.1) is 10.2 Å². The molecule has 0 bridgehead atoms. The number of sulfone groups is 1. The molecule has 1 amide bonds. The van der Waals surface area contributed by atoms with Crippen LogP contribution < -0.4 is 5.84 Å². The molecule has 2 N–H and O–H groups in total. The number of hydrogen-bond acceptors (Lipinski definition) is 8. The first-order valence-corrected chi connectivity index (χ1v) is 12.8. The van der Waals surface area contributed by atoms with Gasteiger partial charge in [0.15, 0.2) is 15.7 Å². The first-order chi connectivity index (χ1) is 14.3. The van der Waals surface area contributed by atoms with Crippen molar-refractivity contribution in [1.29, 1.82) is 0 Å². The first kappa shape index (κ1) is 21.1. The Labute approximate surface area is 180 Å². The van der Waals surface area contributed by atoms with E-state index in [1.165, 1.54) is 16.4 Å². The fourth-order valence-corrected chi connectivity index (χ4v) is 6.41. The van der Waals surface area contributed by atoms with Gasteiger partial charge in [-0.3, -0.25) is 9.69 Å². The third kappa shape index (κ3) is 4.62. The lowest BCUT2D eigenvalue weighted by Gasteiger charge is -2.37. The fourth-order valence-electron chi connectivity index (χ4n) is 3.89. The van der Waals surface area contributed by atoms with Gasteiger partial charge in [-0.2, -0.15) is 0 Å². The van der Waals surface area contributed by atoms with Crippen molar-refractivity contribution in [3.05, 3.63) is 29.8 Å². The number of piperazine rings is 1. The maximum atomic E-state index is 12.6. The Morgan fingerprint density at radius 1 is 1.17 bits per heavy atom. The van der Waals surface area contributed by atoms with E-state index in [4.69, 9.17) is 5.84 Å². The molecule has 2 saturated heterocycles. The average molecular weight is 451 g/mol. The van der Waals surface area contributed by atoms with Gasteiger partial charge in [0.05, 0.1) is 17.3 Å². The SMILES string of the molecule is Cc1ccc(-c2nnc(SCC(=O)N3CCN(C4CCS(=O)(=O)C4)CC3)n2N)cc1. The third-order valence-corrected chi connectivity index (χ3v) is 8.37. The summed E-state index contributed by atoms with van der Waals surface area (Å²) in [5, 5.41) is 8.78. The van der Waals surface area contributed by atoms with Crippen molar-refractivity contribution in [2.75, 3.05) is 49.3 Å². The van der Waals surface area contributed by atoms with Crippen LogP contribution in [0, 0.1) is 6.92 Å². The topological polar surface area (TPSA) is 114 Å². The number of aromatic nitrogens is 3. The van der Waals surface area contributed by atoms with Gasteiger partial charge in [-0.05, 0) is 13.3 Å². The highest BCUT2D eigenvalue weighted by molar-refractivity contribution is 7.99. The standard InChI is InChI=1S/C19H26N6O3S2/c1-14-2-4-15(5-3-14)18-21-22-19(25(18)20)29-12-17(26)24-9-7-23(8-10-24)16-6-11-30(27,28)13-16/h2-5,16H,6-13,20H2,1H3. The molecule has 2 aromatic rings. The lowest BCUT2D eigenvalue weighted by atomic mass is 10.1. The molecule has 0 spiro atoms. The van der Waals surface area contributed by atoms with E-state index in [2.05, 4.69) is 15.1 Å². The zero-order valence-electron chi connectivity index (χ0n) is 16.9. The number of aryl methyl sites for hydroxylation is 1. The number of rotatable bonds is 5. The lowest BCUT2D eigenvalue weighted by molar-refractivity contribution is -0.130. The van der Waals surface area contributed by atoms with Crippen molar-refractivity contribution in [3.63, 3.8) is 0 Å². The second kappa shape index (κ2) is 8.56. The Hall–Kier alpha value is -2.11. The largest absolute Gasteiger partial charge is 0.339 e. The molecule has 2 aliphatic heterocycles. The Bertz CT molecular complexity index is 1010. The van der Waals surface area contributed by atoms with Gasteiger partial charge in [0.1, 0.15) is 0 Å². The van der Waals surface area contributed by atoms with Gasteiger partial charge in [0.2, 0.25) is 11.1 Å².